The molecule has 0 saturated heterocycles. The van der Waals surface area contributed by atoms with E-state index >= 15 is 0 Å². The van der Waals surface area contributed by atoms with E-state index in [9.17, 15) is 0 Å². The Hall–Kier alpha value is -1.10. The zero-order valence-corrected chi connectivity index (χ0v) is 11.8. The summed E-state index contributed by atoms with van der Waals surface area (Å²) in [5.41, 5.74) is 6.91. The minimum Gasteiger partial charge on any atom is -0.370 e. The highest BCUT2D eigenvalue weighted by molar-refractivity contribution is 7.09. The Morgan fingerprint density at radius 1 is 1.53 bits per heavy atom. The van der Waals surface area contributed by atoms with Gasteiger partial charge in [0, 0.05) is 11.4 Å². The van der Waals surface area contributed by atoms with Gasteiger partial charge in [0.1, 0.15) is 5.01 Å². The molecule has 0 saturated carbocycles. The fourth-order valence-corrected chi connectivity index (χ4v) is 2.09. The van der Waals surface area contributed by atoms with Crippen molar-refractivity contribution < 1.29 is 0 Å². The van der Waals surface area contributed by atoms with Crippen molar-refractivity contribution in [2.75, 3.05) is 0 Å². The van der Waals surface area contributed by atoms with Crippen molar-refractivity contribution in [3.63, 3.8) is 0 Å². The maximum absolute atomic E-state index is 5.78. The Kier molecular flexibility index (Phi) is 5.41. The maximum Gasteiger partial charge on any atom is 0.189 e. The summed E-state index contributed by atoms with van der Waals surface area (Å²) in [5.74, 6) is 0.972. The lowest BCUT2D eigenvalue weighted by atomic mass is 10.2. The summed E-state index contributed by atoms with van der Waals surface area (Å²) in [6.07, 6.45) is 1.03. The highest BCUT2D eigenvalue weighted by Crippen LogP contribution is 2.18. The molecule has 0 amide bonds. The van der Waals surface area contributed by atoms with Gasteiger partial charge in [0.15, 0.2) is 5.96 Å². The lowest BCUT2D eigenvalue weighted by Crippen LogP contribution is -2.38. The molecule has 1 atom stereocenters. The molecule has 5 heteroatoms. The third-order valence-corrected chi connectivity index (χ3v) is 3.40. The summed E-state index contributed by atoms with van der Waals surface area (Å²) in [6.45, 7) is 9.04. The average Bonchev–Trinajstić information content (AvgIpc) is 2.75. The molecule has 0 bridgehead atoms. The van der Waals surface area contributed by atoms with Gasteiger partial charge in [-0.3, -0.25) is 0 Å². The van der Waals surface area contributed by atoms with Gasteiger partial charge in [-0.25, -0.2) is 9.98 Å². The van der Waals surface area contributed by atoms with Crippen molar-refractivity contribution in [1.82, 2.24) is 10.3 Å². The summed E-state index contributed by atoms with van der Waals surface area (Å²) in [7, 11) is 0. The number of hydrogen-bond donors (Lipinski definition) is 2. The standard InChI is InChI=1S/C12H22N4S/c1-5-9(4)15-12(13)14-6-11-16-10(7-17-11)8(2)3/h7-9H,5-6H2,1-4H3,(H3,13,14,15). The third kappa shape index (κ3) is 4.73. The molecule has 0 fully saturated rings. The van der Waals surface area contributed by atoms with E-state index in [4.69, 9.17) is 5.73 Å². The van der Waals surface area contributed by atoms with E-state index in [1.54, 1.807) is 11.3 Å². The second kappa shape index (κ2) is 6.59. The molecule has 1 heterocycles. The number of aliphatic imine (C=N–C) groups is 1. The molecule has 1 rings (SSSR count). The number of nitrogens with two attached hydrogens (primary N) is 1. The zero-order chi connectivity index (χ0) is 12.8. The number of hydrogen-bond acceptors (Lipinski definition) is 3. The van der Waals surface area contributed by atoms with Crippen molar-refractivity contribution in [3.05, 3.63) is 16.1 Å². The fourth-order valence-electron chi connectivity index (χ4n) is 1.22. The number of nitrogens with zero attached hydrogens (tertiary/aromatic N) is 2. The highest BCUT2D eigenvalue weighted by Gasteiger charge is 2.05. The highest BCUT2D eigenvalue weighted by atomic mass is 32.1. The number of aromatic nitrogens is 1. The Balaban J connectivity index is 2.50. The normalized spacial score (nSPS) is 14.1. The van der Waals surface area contributed by atoms with Gasteiger partial charge in [0.2, 0.25) is 0 Å². The van der Waals surface area contributed by atoms with Crippen molar-refractivity contribution in [1.29, 1.82) is 0 Å². The molecule has 0 aliphatic rings. The SMILES string of the molecule is CCC(C)NC(N)=NCc1nc(C(C)C)cs1. The van der Waals surface area contributed by atoms with E-state index in [1.807, 2.05) is 0 Å². The molecule has 0 aliphatic heterocycles. The summed E-state index contributed by atoms with van der Waals surface area (Å²) in [5, 5.41) is 6.24. The molecule has 0 radical (unpaired) electrons. The molecule has 17 heavy (non-hydrogen) atoms. The molecule has 0 spiro atoms. The first-order valence-corrected chi connectivity index (χ1v) is 6.91. The molecule has 1 aromatic rings. The van der Waals surface area contributed by atoms with Gasteiger partial charge in [-0.15, -0.1) is 11.3 Å². The van der Waals surface area contributed by atoms with Crippen LogP contribution in [0.3, 0.4) is 0 Å². The predicted molar refractivity (Wildman–Crippen MR) is 74.4 cm³/mol. The Labute approximate surface area is 107 Å². The molecule has 4 nitrogen and oxygen atoms in total. The average molecular weight is 254 g/mol. The maximum atomic E-state index is 5.78. The molecular weight excluding hydrogens is 232 g/mol. The fraction of sp³-hybridized carbons (Fsp3) is 0.667. The molecule has 1 unspecified atom stereocenters. The molecule has 3 N–H and O–H groups in total. The summed E-state index contributed by atoms with van der Waals surface area (Å²) in [6, 6.07) is 0.362. The van der Waals surface area contributed by atoms with E-state index in [-0.39, 0.29) is 0 Å². The second-order valence-electron chi connectivity index (χ2n) is 4.48. The minimum absolute atomic E-state index is 0.362. The molecule has 0 aromatic carbocycles. The van der Waals surface area contributed by atoms with Gasteiger partial charge in [-0.2, -0.15) is 0 Å². The van der Waals surface area contributed by atoms with Crippen molar-refractivity contribution in [2.45, 2.75) is 52.6 Å². The van der Waals surface area contributed by atoms with Gasteiger partial charge in [0.05, 0.1) is 12.2 Å². The summed E-state index contributed by atoms with van der Waals surface area (Å²) < 4.78 is 0. The first-order chi connectivity index (χ1) is 8.02. The lowest BCUT2D eigenvalue weighted by molar-refractivity contribution is 0.636. The quantitative estimate of drug-likeness (QED) is 0.627. The monoisotopic (exact) mass is 254 g/mol. The third-order valence-electron chi connectivity index (χ3n) is 2.55. The van der Waals surface area contributed by atoms with Gasteiger partial charge >= 0.3 is 0 Å². The van der Waals surface area contributed by atoms with Crippen LogP contribution in [0.2, 0.25) is 0 Å². The largest absolute Gasteiger partial charge is 0.370 e. The van der Waals surface area contributed by atoms with E-state index in [0.29, 0.717) is 24.5 Å². The van der Waals surface area contributed by atoms with Crippen LogP contribution >= 0.6 is 11.3 Å². The van der Waals surface area contributed by atoms with Crippen LogP contribution in [-0.2, 0) is 6.54 Å². The number of guanidine groups is 1. The van der Waals surface area contributed by atoms with Crippen LogP contribution in [0, 0.1) is 0 Å². The van der Waals surface area contributed by atoms with E-state index in [2.05, 4.69) is 48.4 Å². The van der Waals surface area contributed by atoms with Gasteiger partial charge in [-0.1, -0.05) is 20.8 Å². The van der Waals surface area contributed by atoms with Crippen LogP contribution in [0.25, 0.3) is 0 Å². The zero-order valence-electron chi connectivity index (χ0n) is 11.0. The van der Waals surface area contributed by atoms with Crippen LogP contribution in [0.1, 0.15) is 50.7 Å². The summed E-state index contributed by atoms with van der Waals surface area (Å²) >= 11 is 1.64. The van der Waals surface area contributed by atoms with Gasteiger partial charge < -0.3 is 11.1 Å². The van der Waals surface area contributed by atoms with Gasteiger partial charge in [-0.05, 0) is 19.3 Å². The number of nitrogens with one attached hydrogen (secondary N) is 1. The lowest BCUT2D eigenvalue weighted by Gasteiger charge is -2.11. The van der Waals surface area contributed by atoms with Crippen molar-refractivity contribution in [3.8, 4) is 0 Å². The van der Waals surface area contributed by atoms with Crippen LogP contribution < -0.4 is 11.1 Å². The molecule has 96 valence electrons. The predicted octanol–water partition coefficient (Wildman–Crippen LogP) is 2.47. The number of thiazole rings is 1. The Bertz CT molecular complexity index is 370. The summed E-state index contributed by atoms with van der Waals surface area (Å²) in [4.78, 5) is 8.80. The van der Waals surface area contributed by atoms with Crippen LogP contribution in [0.4, 0.5) is 0 Å². The first-order valence-electron chi connectivity index (χ1n) is 6.03. The van der Waals surface area contributed by atoms with E-state index in [0.717, 1.165) is 17.1 Å². The topological polar surface area (TPSA) is 63.3 Å². The van der Waals surface area contributed by atoms with E-state index in [1.165, 1.54) is 0 Å². The van der Waals surface area contributed by atoms with Crippen LogP contribution in [-0.4, -0.2) is 17.0 Å². The minimum atomic E-state index is 0.362. The van der Waals surface area contributed by atoms with E-state index < -0.39 is 0 Å². The second-order valence-corrected chi connectivity index (χ2v) is 5.42. The van der Waals surface area contributed by atoms with Crippen LogP contribution in [0.5, 0.6) is 0 Å². The van der Waals surface area contributed by atoms with Crippen molar-refractivity contribution >= 4 is 17.3 Å². The first kappa shape index (κ1) is 14.0. The number of rotatable bonds is 5. The smallest absolute Gasteiger partial charge is 0.189 e. The van der Waals surface area contributed by atoms with Crippen LogP contribution in [0.15, 0.2) is 10.4 Å². The molecule has 0 aliphatic carbocycles. The Morgan fingerprint density at radius 2 is 2.24 bits per heavy atom. The van der Waals surface area contributed by atoms with Crippen molar-refractivity contribution in [2.24, 2.45) is 10.7 Å². The Morgan fingerprint density at radius 3 is 2.76 bits per heavy atom. The van der Waals surface area contributed by atoms with Gasteiger partial charge in [0.25, 0.3) is 0 Å². The molecular formula is C12H22N4S. The molecule has 1 aromatic heterocycles.